The zero-order valence-electron chi connectivity index (χ0n) is 16.1. The first-order chi connectivity index (χ1) is 14.1. The van der Waals surface area contributed by atoms with Crippen molar-refractivity contribution in [2.75, 3.05) is 5.32 Å². The Morgan fingerprint density at radius 2 is 2.00 bits per heavy atom. The highest BCUT2D eigenvalue weighted by molar-refractivity contribution is 6.06. The summed E-state index contributed by atoms with van der Waals surface area (Å²) in [4.78, 5) is 12.9. The lowest BCUT2D eigenvalue weighted by molar-refractivity contribution is 0.102. The molecule has 0 spiro atoms. The van der Waals surface area contributed by atoms with Gasteiger partial charge in [0, 0.05) is 18.1 Å². The minimum absolute atomic E-state index is 0.253. The van der Waals surface area contributed by atoms with E-state index in [0.29, 0.717) is 22.8 Å². The Labute approximate surface area is 167 Å². The molecule has 1 amide bonds. The van der Waals surface area contributed by atoms with Crippen LogP contribution in [-0.2, 0) is 6.61 Å². The van der Waals surface area contributed by atoms with Crippen LogP contribution in [0.4, 0.5) is 5.69 Å². The fourth-order valence-corrected chi connectivity index (χ4v) is 2.98. The molecular weight excluding hydrogens is 368 g/mol. The molecule has 4 aromatic rings. The van der Waals surface area contributed by atoms with E-state index in [1.54, 1.807) is 29.1 Å². The number of ether oxygens (including phenoxy) is 1. The van der Waals surface area contributed by atoms with Gasteiger partial charge < -0.3 is 14.6 Å². The molecule has 0 aliphatic carbocycles. The summed E-state index contributed by atoms with van der Waals surface area (Å²) in [6, 6.07) is 16.5. The number of amides is 1. The van der Waals surface area contributed by atoms with E-state index in [2.05, 4.69) is 15.6 Å². The number of nitrogens with zero attached hydrogens (tertiary/aromatic N) is 3. The molecule has 2 aromatic carbocycles. The summed E-state index contributed by atoms with van der Waals surface area (Å²) in [7, 11) is 0. The zero-order chi connectivity index (χ0) is 20.2. The van der Waals surface area contributed by atoms with Crippen LogP contribution in [-0.4, -0.2) is 20.8 Å². The van der Waals surface area contributed by atoms with Gasteiger partial charge in [0.15, 0.2) is 0 Å². The molecule has 0 aliphatic heterocycles. The number of nitrogens with one attached hydrogen (secondary N) is 1. The Morgan fingerprint density at radius 3 is 2.76 bits per heavy atom. The van der Waals surface area contributed by atoms with Crippen LogP contribution in [0.1, 0.15) is 27.4 Å². The van der Waals surface area contributed by atoms with E-state index in [4.69, 9.17) is 9.26 Å². The second-order valence-corrected chi connectivity index (χ2v) is 6.54. The molecule has 146 valence electrons. The summed E-state index contributed by atoms with van der Waals surface area (Å²) in [5.74, 6) is 0.949. The van der Waals surface area contributed by atoms with E-state index >= 15 is 0 Å². The molecule has 29 heavy (non-hydrogen) atoms. The van der Waals surface area contributed by atoms with Gasteiger partial charge in [-0.15, -0.1) is 0 Å². The van der Waals surface area contributed by atoms with Gasteiger partial charge in [0.05, 0.1) is 22.5 Å². The maximum Gasteiger partial charge on any atom is 0.259 e. The second kappa shape index (κ2) is 8.02. The van der Waals surface area contributed by atoms with Crippen molar-refractivity contribution in [3.63, 3.8) is 0 Å². The number of hydrogen-bond donors (Lipinski definition) is 1. The molecule has 7 nitrogen and oxygen atoms in total. The summed E-state index contributed by atoms with van der Waals surface area (Å²) in [6.07, 6.45) is 3.55. The fourth-order valence-electron chi connectivity index (χ4n) is 2.98. The first kappa shape index (κ1) is 18.5. The van der Waals surface area contributed by atoms with Gasteiger partial charge in [-0.3, -0.25) is 4.79 Å². The molecule has 0 aliphatic rings. The number of anilines is 1. The highest BCUT2D eigenvalue weighted by Gasteiger charge is 2.15. The largest absolute Gasteiger partial charge is 0.488 e. The first-order valence-electron chi connectivity index (χ1n) is 9.17. The molecule has 1 N–H and O–H groups in total. The molecule has 0 unspecified atom stereocenters. The quantitative estimate of drug-likeness (QED) is 0.532. The average molecular weight is 388 g/mol. The van der Waals surface area contributed by atoms with Crippen LogP contribution in [0, 0.1) is 13.8 Å². The van der Waals surface area contributed by atoms with Crippen LogP contribution in [0.25, 0.3) is 5.69 Å². The van der Waals surface area contributed by atoms with Crippen molar-refractivity contribution >= 4 is 11.6 Å². The Balaban J connectivity index is 1.52. The van der Waals surface area contributed by atoms with Crippen LogP contribution in [0.15, 0.2) is 71.5 Å². The third-order valence-electron chi connectivity index (χ3n) is 4.56. The lowest BCUT2D eigenvalue weighted by atomic mass is 10.1. The summed E-state index contributed by atoms with van der Waals surface area (Å²) < 4.78 is 12.8. The van der Waals surface area contributed by atoms with Gasteiger partial charge in [0.2, 0.25) is 0 Å². The smallest absolute Gasteiger partial charge is 0.259 e. The maximum atomic E-state index is 12.9. The van der Waals surface area contributed by atoms with Crippen molar-refractivity contribution in [2.24, 2.45) is 0 Å². The maximum absolute atomic E-state index is 12.9. The van der Waals surface area contributed by atoms with Gasteiger partial charge in [0.25, 0.3) is 5.91 Å². The average Bonchev–Trinajstić information content (AvgIpc) is 3.38. The molecule has 0 fully saturated rings. The van der Waals surface area contributed by atoms with E-state index in [9.17, 15) is 4.79 Å². The van der Waals surface area contributed by atoms with Crippen molar-refractivity contribution in [3.8, 4) is 11.4 Å². The summed E-state index contributed by atoms with van der Waals surface area (Å²) >= 11 is 0. The molecule has 0 atom stereocenters. The number of hydrogen-bond acceptors (Lipinski definition) is 5. The monoisotopic (exact) mass is 388 g/mol. The van der Waals surface area contributed by atoms with Crippen molar-refractivity contribution in [3.05, 3.63) is 89.6 Å². The predicted octanol–water partition coefficient (Wildman–Crippen LogP) is 4.31. The van der Waals surface area contributed by atoms with Crippen LogP contribution in [0.5, 0.6) is 5.75 Å². The lowest BCUT2D eigenvalue weighted by Gasteiger charge is -2.12. The van der Waals surface area contributed by atoms with Gasteiger partial charge in [-0.1, -0.05) is 23.4 Å². The van der Waals surface area contributed by atoms with E-state index in [1.165, 1.54) is 0 Å². The molecule has 0 bridgehead atoms. The van der Waals surface area contributed by atoms with Gasteiger partial charge in [-0.2, -0.15) is 5.10 Å². The molecular formula is C22H20N4O3. The van der Waals surface area contributed by atoms with Crippen molar-refractivity contribution < 1.29 is 14.1 Å². The number of carbonyl (C=O) groups excluding carboxylic acids is 1. The number of aryl methyl sites for hydroxylation is 2. The van der Waals surface area contributed by atoms with Crippen molar-refractivity contribution in [1.82, 2.24) is 14.9 Å². The number of benzene rings is 2. The van der Waals surface area contributed by atoms with E-state index in [1.807, 2.05) is 56.4 Å². The van der Waals surface area contributed by atoms with Gasteiger partial charge >= 0.3 is 0 Å². The summed E-state index contributed by atoms with van der Waals surface area (Å²) in [5.41, 5.74) is 3.63. The molecule has 4 rings (SSSR count). The van der Waals surface area contributed by atoms with Crippen molar-refractivity contribution in [1.29, 1.82) is 0 Å². The lowest BCUT2D eigenvalue weighted by Crippen LogP contribution is -2.14. The highest BCUT2D eigenvalue weighted by Crippen LogP contribution is 2.23. The predicted molar refractivity (Wildman–Crippen MR) is 108 cm³/mol. The van der Waals surface area contributed by atoms with E-state index < -0.39 is 0 Å². The Kier molecular flexibility index (Phi) is 5.11. The standard InChI is InChI=1S/C22H20N4O3/c1-15-20(16(2)29-25-15)14-28-21-10-4-3-9-19(21)22(27)24-17-7-5-8-18(13-17)26-12-6-11-23-26/h3-13H,14H2,1-2H3,(H,24,27). The van der Waals surface area contributed by atoms with E-state index in [-0.39, 0.29) is 12.5 Å². The minimum Gasteiger partial charge on any atom is -0.488 e. The van der Waals surface area contributed by atoms with Crippen LogP contribution < -0.4 is 10.1 Å². The summed E-state index contributed by atoms with van der Waals surface area (Å²) in [6.45, 7) is 3.98. The SMILES string of the molecule is Cc1noc(C)c1COc1ccccc1C(=O)Nc1cccc(-n2cccn2)c1. The van der Waals surface area contributed by atoms with Crippen LogP contribution >= 0.6 is 0 Å². The summed E-state index contributed by atoms with van der Waals surface area (Å²) in [5, 5.41) is 11.1. The highest BCUT2D eigenvalue weighted by atomic mass is 16.5. The van der Waals surface area contributed by atoms with E-state index in [0.717, 1.165) is 16.9 Å². The molecule has 0 radical (unpaired) electrons. The zero-order valence-corrected chi connectivity index (χ0v) is 16.1. The topological polar surface area (TPSA) is 82.2 Å². The van der Waals surface area contributed by atoms with Gasteiger partial charge in [-0.25, -0.2) is 4.68 Å². The second-order valence-electron chi connectivity index (χ2n) is 6.54. The molecule has 2 heterocycles. The van der Waals surface area contributed by atoms with Gasteiger partial charge in [-0.05, 0) is 50.2 Å². The molecule has 2 aromatic heterocycles. The van der Waals surface area contributed by atoms with Crippen LogP contribution in [0.3, 0.4) is 0 Å². The van der Waals surface area contributed by atoms with Crippen molar-refractivity contribution in [2.45, 2.75) is 20.5 Å². The number of carbonyl (C=O) groups is 1. The Hall–Kier alpha value is -3.87. The third kappa shape index (κ3) is 4.03. The van der Waals surface area contributed by atoms with Gasteiger partial charge in [0.1, 0.15) is 18.1 Å². The number of rotatable bonds is 6. The molecule has 0 saturated heterocycles. The number of aromatic nitrogens is 3. The fraction of sp³-hybridized carbons (Fsp3) is 0.136. The number of para-hydroxylation sites is 1. The molecule has 7 heteroatoms. The van der Waals surface area contributed by atoms with Crippen LogP contribution in [0.2, 0.25) is 0 Å². The normalized spacial score (nSPS) is 10.7. The Morgan fingerprint density at radius 1 is 1.14 bits per heavy atom. The molecule has 0 saturated carbocycles. The first-order valence-corrected chi connectivity index (χ1v) is 9.17. The minimum atomic E-state index is -0.253. The third-order valence-corrected chi connectivity index (χ3v) is 4.56. The Bertz CT molecular complexity index is 1110.